The van der Waals surface area contributed by atoms with Crippen LogP contribution in [0.1, 0.15) is 23.9 Å². The number of aryl methyl sites for hydroxylation is 2. The van der Waals surface area contributed by atoms with Crippen molar-refractivity contribution in [3.8, 4) is 5.75 Å². The van der Waals surface area contributed by atoms with Crippen LogP contribution in [0.5, 0.6) is 5.75 Å². The van der Waals surface area contributed by atoms with E-state index >= 15 is 0 Å². The molecule has 0 saturated heterocycles. The molecule has 0 radical (unpaired) electrons. The monoisotopic (exact) mass is 568 g/mol. The van der Waals surface area contributed by atoms with Gasteiger partial charge in [-0.25, -0.2) is 4.98 Å². The summed E-state index contributed by atoms with van der Waals surface area (Å²) in [5.41, 5.74) is 2.83. The zero-order chi connectivity index (χ0) is 26.6. The van der Waals surface area contributed by atoms with E-state index in [2.05, 4.69) is 31.3 Å². The molecular weight excluding hydrogens is 544 g/mol. The van der Waals surface area contributed by atoms with Crippen LogP contribution in [0, 0.1) is 6.92 Å². The first-order valence-electron chi connectivity index (χ1n) is 12.2. The summed E-state index contributed by atoms with van der Waals surface area (Å²) in [5, 5.41) is 9.74. The van der Waals surface area contributed by atoms with Crippen LogP contribution in [0.25, 0.3) is 21.7 Å². The SMILES string of the molecule is CCc1nc2ccc(Br)cc2c(=O)n1N=Cc1c(OCC(=O)Nc2ccc(C)cc2)ccc2ccccc12. The Kier molecular flexibility index (Phi) is 7.33. The first kappa shape index (κ1) is 25.4. The molecule has 7 nitrogen and oxygen atoms in total. The predicted molar refractivity (Wildman–Crippen MR) is 155 cm³/mol. The van der Waals surface area contributed by atoms with Gasteiger partial charge in [-0.15, -0.1) is 0 Å². The lowest BCUT2D eigenvalue weighted by Crippen LogP contribution is -2.22. The van der Waals surface area contributed by atoms with E-state index in [0.717, 1.165) is 20.8 Å². The molecule has 0 aliphatic heterocycles. The number of benzene rings is 4. The molecule has 1 N–H and O–H groups in total. The van der Waals surface area contributed by atoms with Gasteiger partial charge in [-0.05, 0) is 54.1 Å². The molecular formula is C30H25BrN4O3. The van der Waals surface area contributed by atoms with Crippen molar-refractivity contribution in [2.75, 3.05) is 11.9 Å². The van der Waals surface area contributed by atoms with Crippen molar-refractivity contribution in [3.05, 3.63) is 111 Å². The van der Waals surface area contributed by atoms with Gasteiger partial charge in [-0.2, -0.15) is 9.78 Å². The zero-order valence-corrected chi connectivity index (χ0v) is 22.5. The van der Waals surface area contributed by atoms with Crippen LogP contribution in [0.2, 0.25) is 0 Å². The van der Waals surface area contributed by atoms with Gasteiger partial charge in [-0.3, -0.25) is 9.59 Å². The minimum absolute atomic E-state index is 0.182. The van der Waals surface area contributed by atoms with E-state index in [1.54, 1.807) is 12.3 Å². The molecule has 1 amide bonds. The molecule has 0 fully saturated rings. The van der Waals surface area contributed by atoms with Gasteiger partial charge in [-0.1, -0.05) is 70.9 Å². The number of nitrogens with zero attached hydrogens (tertiary/aromatic N) is 3. The second-order valence-electron chi connectivity index (χ2n) is 8.81. The maximum atomic E-state index is 13.3. The molecule has 0 bridgehead atoms. The van der Waals surface area contributed by atoms with Gasteiger partial charge in [0.15, 0.2) is 6.61 Å². The van der Waals surface area contributed by atoms with Crippen LogP contribution in [-0.4, -0.2) is 28.4 Å². The van der Waals surface area contributed by atoms with Crippen molar-refractivity contribution >= 4 is 55.4 Å². The smallest absolute Gasteiger partial charge is 0.282 e. The number of carbonyl (C=O) groups excluding carboxylic acids is 1. The molecule has 0 atom stereocenters. The lowest BCUT2D eigenvalue weighted by atomic mass is 10.0. The van der Waals surface area contributed by atoms with Crippen LogP contribution in [-0.2, 0) is 11.2 Å². The summed E-state index contributed by atoms with van der Waals surface area (Å²) in [4.78, 5) is 30.6. The summed E-state index contributed by atoms with van der Waals surface area (Å²) < 4.78 is 8.06. The van der Waals surface area contributed by atoms with E-state index in [9.17, 15) is 9.59 Å². The van der Waals surface area contributed by atoms with Crippen LogP contribution >= 0.6 is 15.9 Å². The molecule has 38 heavy (non-hydrogen) atoms. The summed E-state index contributed by atoms with van der Waals surface area (Å²) >= 11 is 3.43. The number of carbonyl (C=O) groups is 1. The number of hydrogen-bond donors (Lipinski definition) is 1. The van der Waals surface area contributed by atoms with E-state index in [1.165, 1.54) is 4.68 Å². The number of rotatable bonds is 7. The number of aromatic nitrogens is 2. The highest BCUT2D eigenvalue weighted by Gasteiger charge is 2.13. The highest BCUT2D eigenvalue weighted by molar-refractivity contribution is 9.10. The van der Waals surface area contributed by atoms with E-state index in [0.29, 0.717) is 40.1 Å². The largest absolute Gasteiger partial charge is 0.483 e. The third kappa shape index (κ3) is 5.35. The minimum atomic E-state index is -0.279. The normalized spacial score (nSPS) is 11.3. The molecule has 1 heterocycles. The fraction of sp³-hybridized carbons (Fsp3) is 0.133. The Labute approximate surface area is 227 Å². The summed E-state index contributed by atoms with van der Waals surface area (Å²) in [5.74, 6) is 0.744. The third-order valence-corrected chi connectivity index (χ3v) is 6.61. The summed E-state index contributed by atoms with van der Waals surface area (Å²) in [6, 6.07) is 24.5. The van der Waals surface area contributed by atoms with Crippen LogP contribution in [0.4, 0.5) is 5.69 Å². The van der Waals surface area contributed by atoms with E-state index < -0.39 is 0 Å². The Balaban J connectivity index is 1.50. The standard InChI is InChI=1S/C30H25BrN4O3/c1-3-28-34-26-14-11-21(31)16-24(26)30(37)35(28)32-17-25-23-7-5-4-6-20(23)10-15-27(25)38-18-29(36)33-22-12-8-19(2)9-13-22/h4-17H,3,18H2,1-2H3,(H,33,36). The maximum Gasteiger partial charge on any atom is 0.282 e. The molecule has 0 saturated carbocycles. The molecule has 5 rings (SSSR count). The maximum absolute atomic E-state index is 13.3. The number of hydrogen-bond acceptors (Lipinski definition) is 5. The number of fused-ring (bicyclic) bond motifs is 2. The molecule has 0 aliphatic rings. The van der Waals surface area contributed by atoms with Gasteiger partial charge in [0.05, 0.1) is 17.1 Å². The number of amides is 1. The third-order valence-electron chi connectivity index (χ3n) is 6.12. The van der Waals surface area contributed by atoms with E-state index in [1.807, 2.05) is 86.6 Å². The van der Waals surface area contributed by atoms with Gasteiger partial charge in [0, 0.05) is 22.1 Å². The first-order chi connectivity index (χ1) is 18.4. The highest BCUT2D eigenvalue weighted by atomic mass is 79.9. The first-order valence-corrected chi connectivity index (χ1v) is 13.0. The number of ether oxygens (including phenoxy) is 1. The van der Waals surface area contributed by atoms with Crippen LogP contribution in [0.15, 0.2) is 93.2 Å². The van der Waals surface area contributed by atoms with Crippen LogP contribution < -0.4 is 15.6 Å². The Morgan fingerprint density at radius 3 is 2.63 bits per heavy atom. The van der Waals surface area contributed by atoms with Gasteiger partial charge in [0.1, 0.15) is 11.6 Å². The van der Waals surface area contributed by atoms with Crippen molar-refractivity contribution in [1.29, 1.82) is 0 Å². The van der Waals surface area contributed by atoms with Gasteiger partial charge in [0.25, 0.3) is 11.5 Å². The van der Waals surface area contributed by atoms with Gasteiger partial charge < -0.3 is 10.1 Å². The fourth-order valence-electron chi connectivity index (χ4n) is 4.17. The van der Waals surface area contributed by atoms with Crippen molar-refractivity contribution in [2.45, 2.75) is 20.3 Å². The Morgan fingerprint density at radius 1 is 1.05 bits per heavy atom. The van der Waals surface area contributed by atoms with Crippen molar-refractivity contribution in [3.63, 3.8) is 0 Å². The molecule has 5 aromatic rings. The van der Waals surface area contributed by atoms with E-state index in [-0.39, 0.29) is 18.1 Å². The van der Waals surface area contributed by atoms with Gasteiger partial charge >= 0.3 is 0 Å². The molecule has 1 aromatic heterocycles. The Bertz CT molecular complexity index is 1740. The van der Waals surface area contributed by atoms with Crippen molar-refractivity contribution in [1.82, 2.24) is 9.66 Å². The quantitative estimate of drug-likeness (QED) is 0.241. The van der Waals surface area contributed by atoms with E-state index in [4.69, 9.17) is 4.74 Å². The molecule has 0 spiro atoms. The number of anilines is 1. The molecule has 0 unspecified atom stereocenters. The average Bonchev–Trinajstić information content (AvgIpc) is 2.93. The zero-order valence-electron chi connectivity index (χ0n) is 20.9. The summed E-state index contributed by atoms with van der Waals surface area (Å²) in [7, 11) is 0. The van der Waals surface area contributed by atoms with Crippen molar-refractivity contribution < 1.29 is 9.53 Å². The Hall–Kier alpha value is -4.30. The fourth-order valence-corrected chi connectivity index (χ4v) is 4.53. The average molecular weight is 569 g/mol. The van der Waals surface area contributed by atoms with Crippen molar-refractivity contribution in [2.24, 2.45) is 5.10 Å². The molecule has 0 aliphatic carbocycles. The second-order valence-corrected chi connectivity index (χ2v) is 9.72. The minimum Gasteiger partial charge on any atom is -0.483 e. The lowest BCUT2D eigenvalue weighted by molar-refractivity contribution is -0.118. The van der Waals surface area contributed by atoms with Crippen LogP contribution in [0.3, 0.4) is 0 Å². The topological polar surface area (TPSA) is 85.6 Å². The Morgan fingerprint density at radius 2 is 1.84 bits per heavy atom. The molecule has 190 valence electrons. The molecule has 4 aromatic carbocycles. The predicted octanol–water partition coefficient (Wildman–Crippen LogP) is 6.08. The number of nitrogens with one attached hydrogen (secondary N) is 1. The summed E-state index contributed by atoms with van der Waals surface area (Å²) in [6.45, 7) is 3.73. The lowest BCUT2D eigenvalue weighted by Gasteiger charge is -2.13. The van der Waals surface area contributed by atoms with Gasteiger partial charge in [0.2, 0.25) is 0 Å². The second kappa shape index (κ2) is 11.0. The number of halogens is 1. The highest BCUT2D eigenvalue weighted by Crippen LogP contribution is 2.27. The molecule has 8 heteroatoms. The summed E-state index contributed by atoms with van der Waals surface area (Å²) in [6.07, 6.45) is 2.12.